The van der Waals surface area contributed by atoms with Crippen LogP contribution in [0.3, 0.4) is 0 Å². The molecule has 2 N–H and O–H groups in total. The number of hydrogen-bond donors (Lipinski definition) is 2. The molecule has 0 aromatic heterocycles. The number of amides is 1. The summed E-state index contributed by atoms with van der Waals surface area (Å²) in [6.45, 7) is 4.18. The second kappa shape index (κ2) is 4.64. The third-order valence-electron chi connectivity index (χ3n) is 3.10. The van der Waals surface area contributed by atoms with Crippen LogP contribution in [0, 0.1) is 11.3 Å². The van der Waals surface area contributed by atoms with Gasteiger partial charge >= 0.3 is 5.97 Å². The third kappa shape index (κ3) is 3.22. The Labute approximate surface area is 90.0 Å². The zero-order valence-electron chi connectivity index (χ0n) is 9.38. The Morgan fingerprint density at radius 1 is 1.40 bits per heavy atom. The van der Waals surface area contributed by atoms with Gasteiger partial charge in [-0.1, -0.05) is 20.3 Å². The Morgan fingerprint density at radius 3 is 2.33 bits per heavy atom. The predicted molar refractivity (Wildman–Crippen MR) is 56.4 cm³/mol. The fraction of sp³-hybridized carbons (Fsp3) is 0.818. The van der Waals surface area contributed by atoms with Crippen LogP contribution in [0.5, 0.6) is 0 Å². The molecule has 1 amide bonds. The van der Waals surface area contributed by atoms with E-state index in [9.17, 15) is 9.59 Å². The fourth-order valence-corrected chi connectivity index (χ4v) is 1.89. The highest BCUT2D eigenvalue weighted by molar-refractivity contribution is 5.78. The molecule has 0 spiro atoms. The van der Waals surface area contributed by atoms with Gasteiger partial charge in [-0.05, 0) is 18.3 Å². The number of hydrogen-bond acceptors (Lipinski definition) is 2. The van der Waals surface area contributed by atoms with Crippen molar-refractivity contribution >= 4 is 11.9 Å². The minimum atomic E-state index is -0.770. The first-order chi connectivity index (χ1) is 6.95. The maximum atomic E-state index is 11.4. The van der Waals surface area contributed by atoms with E-state index in [-0.39, 0.29) is 23.7 Å². The summed E-state index contributed by atoms with van der Waals surface area (Å²) in [5.74, 6) is -0.799. The average Bonchev–Trinajstić information content (AvgIpc) is 2.08. The van der Waals surface area contributed by atoms with Crippen molar-refractivity contribution in [3.8, 4) is 0 Å². The highest BCUT2D eigenvalue weighted by Crippen LogP contribution is 2.43. The van der Waals surface area contributed by atoms with Crippen molar-refractivity contribution in [3.05, 3.63) is 0 Å². The molecule has 4 nitrogen and oxygen atoms in total. The third-order valence-corrected chi connectivity index (χ3v) is 3.10. The number of aliphatic carboxylic acids is 1. The van der Waals surface area contributed by atoms with E-state index in [1.54, 1.807) is 0 Å². The van der Waals surface area contributed by atoms with Crippen LogP contribution in [0.1, 0.15) is 39.5 Å². The van der Waals surface area contributed by atoms with Gasteiger partial charge in [-0.15, -0.1) is 0 Å². The summed E-state index contributed by atoms with van der Waals surface area (Å²) in [5, 5.41) is 11.6. The van der Waals surface area contributed by atoms with Gasteiger partial charge in [0.2, 0.25) is 5.91 Å². The van der Waals surface area contributed by atoms with Gasteiger partial charge in [-0.2, -0.15) is 0 Å². The monoisotopic (exact) mass is 213 g/mol. The van der Waals surface area contributed by atoms with Gasteiger partial charge in [0.25, 0.3) is 0 Å². The zero-order valence-corrected chi connectivity index (χ0v) is 9.38. The van der Waals surface area contributed by atoms with Gasteiger partial charge < -0.3 is 10.4 Å². The lowest BCUT2D eigenvalue weighted by molar-refractivity contribution is -0.142. The molecule has 4 heteroatoms. The van der Waals surface area contributed by atoms with Crippen LogP contribution in [0.4, 0.5) is 0 Å². The molecular formula is C11H19NO3. The molecule has 0 aliphatic heterocycles. The number of rotatable bonds is 5. The maximum absolute atomic E-state index is 11.4. The van der Waals surface area contributed by atoms with E-state index in [1.807, 2.05) is 13.8 Å². The van der Waals surface area contributed by atoms with E-state index in [1.165, 1.54) is 0 Å². The Morgan fingerprint density at radius 2 is 2.00 bits per heavy atom. The van der Waals surface area contributed by atoms with Crippen LogP contribution in [-0.4, -0.2) is 23.5 Å². The fourth-order valence-electron chi connectivity index (χ4n) is 1.89. The van der Waals surface area contributed by atoms with Gasteiger partial charge in [-0.3, -0.25) is 9.59 Å². The maximum Gasteiger partial charge on any atom is 0.303 e. The summed E-state index contributed by atoms with van der Waals surface area (Å²) < 4.78 is 0. The first kappa shape index (κ1) is 12.0. The average molecular weight is 213 g/mol. The van der Waals surface area contributed by atoms with E-state index in [0.717, 1.165) is 19.3 Å². The molecule has 0 heterocycles. The lowest BCUT2D eigenvalue weighted by Gasteiger charge is -2.41. The minimum absolute atomic E-state index is 0.00617. The molecule has 0 saturated heterocycles. The first-order valence-corrected chi connectivity index (χ1v) is 5.45. The molecule has 15 heavy (non-hydrogen) atoms. The molecule has 1 aliphatic rings. The van der Waals surface area contributed by atoms with Crippen LogP contribution in [0.25, 0.3) is 0 Å². The lowest BCUT2D eigenvalue weighted by Crippen LogP contribution is -2.44. The van der Waals surface area contributed by atoms with Crippen molar-refractivity contribution in [3.63, 3.8) is 0 Å². The van der Waals surface area contributed by atoms with Crippen LogP contribution >= 0.6 is 0 Å². The molecular weight excluding hydrogens is 194 g/mol. The van der Waals surface area contributed by atoms with E-state index < -0.39 is 5.97 Å². The molecule has 0 aromatic rings. The number of carboxylic acids is 1. The van der Waals surface area contributed by atoms with Crippen molar-refractivity contribution in [1.29, 1.82) is 0 Å². The largest absolute Gasteiger partial charge is 0.481 e. The molecule has 0 radical (unpaired) electrons. The van der Waals surface area contributed by atoms with E-state index in [4.69, 9.17) is 5.11 Å². The SMILES string of the molecule is CC(C)C(=O)NCC1(CC(=O)O)CCC1. The van der Waals surface area contributed by atoms with Crippen LogP contribution < -0.4 is 5.32 Å². The van der Waals surface area contributed by atoms with Crippen molar-refractivity contribution < 1.29 is 14.7 Å². The molecule has 1 saturated carbocycles. The van der Waals surface area contributed by atoms with Gasteiger partial charge in [0.15, 0.2) is 0 Å². The summed E-state index contributed by atoms with van der Waals surface area (Å²) in [5.41, 5.74) is -0.170. The Hall–Kier alpha value is -1.06. The van der Waals surface area contributed by atoms with Gasteiger partial charge in [0, 0.05) is 12.5 Å². The summed E-state index contributed by atoms with van der Waals surface area (Å²) in [4.78, 5) is 22.0. The normalized spacial score (nSPS) is 18.3. The second-order valence-electron chi connectivity index (χ2n) is 4.80. The number of nitrogens with one attached hydrogen (secondary N) is 1. The van der Waals surface area contributed by atoms with Crippen molar-refractivity contribution in [2.75, 3.05) is 6.54 Å². The summed E-state index contributed by atoms with van der Waals surface area (Å²) in [7, 11) is 0. The molecule has 0 aromatic carbocycles. The number of carbonyl (C=O) groups is 2. The Bertz CT molecular complexity index is 257. The predicted octanol–water partition coefficient (Wildman–Crippen LogP) is 1.40. The standard InChI is InChI=1S/C11H19NO3/c1-8(2)10(15)12-7-11(4-3-5-11)6-9(13)14/h8H,3-7H2,1-2H3,(H,12,15)(H,13,14). The molecule has 1 rings (SSSR count). The van der Waals surface area contributed by atoms with Crippen LogP contribution in [0.2, 0.25) is 0 Å². The van der Waals surface area contributed by atoms with Gasteiger partial charge in [-0.25, -0.2) is 0 Å². The quantitative estimate of drug-likeness (QED) is 0.725. The van der Waals surface area contributed by atoms with Crippen LogP contribution in [0.15, 0.2) is 0 Å². The summed E-state index contributed by atoms with van der Waals surface area (Å²) >= 11 is 0. The molecule has 1 aliphatic carbocycles. The zero-order chi connectivity index (χ0) is 11.5. The molecule has 0 bridgehead atoms. The number of carbonyl (C=O) groups excluding carboxylic acids is 1. The van der Waals surface area contributed by atoms with E-state index >= 15 is 0 Å². The van der Waals surface area contributed by atoms with Crippen LogP contribution in [-0.2, 0) is 9.59 Å². The topological polar surface area (TPSA) is 66.4 Å². The summed E-state index contributed by atoms with van der Waals surface area (Å²) in [6, 6.07) is 0. The molecule has 86 valence electrons. The molecule has 0 unspecified atom stereocenters. The lowest BCUT2D eigenvalue weighted by atomic mass is 9.66. The Kier molecular flexibility index (Phi) is 3.72. The van der Waals surface area contributed by atoms with E-state index in [0.29, 0.717) is 6.54 Å². The summed E-state index contributed by atoms with van der Waals surface area (Å²) in [6.07, 6.45) is 3.07. The molecule has 1 fully saturated rings. The van der Waals surface area contributed by atoms with Gasteiger partial charge in [0.05, 0.1) is 6.42 Å². The smallest absolute Gasteiger partial charge is 0.303 e. The second-order valence-corrected chi connectivity index (χ2v) is 4.80. The number of carboxylic acid groups (broad SMARTS) is 1. The first-order valence-electron chi connectivity index (χ1n) is 5.45. The molecule has 0 atom stereocenters. The van der Waals surface area contributed by atoms with Crippen molar-refractivity contribution in [2.24, 2.45) is 11.3 Å². The van der Waals surface area contributed by atoms with Crippen molar-refractivity contribution in [1.82, 2.24) is 5.32 Å². The van der Waals surface area contributed by atoms with Gasteiger partial charge in [0.1, 0.15) is 0 Å². The highest BCUT2D eigenvalue weighted by Gasteiger charge is 2.39. The van der Waals surface area contributed by atoms with Crippen molar-refractivity contribution in [2.45, 2.75) is 39.5 Å². The highest BCUT2D eigenvalue weighted by atomic mass is 16.4. The van der Waals surface area contributed by atoms with E-state index in [2.05, 4.69) is 5.32 Å². The minimum Gasteiger partial charge on any atom is -0.481 e. The Balaban J connectivity index is 2.40.